The molecule has 1 aliphatic heterocycles. The summed E-state index contributed by atoms with van der Waals surface area (Å²) < 4.78 is 32.5. The Morgan fingerprint density at radius 1 is 1.13 bits per heavy atom. The SMILES string of the molecule is COc1ccc(S(=O)(=O)N2CCS[C@H]2c2ccc(Cl)cc2)cc1. The minimum Gasteiger partial charge on any atom is -0.497 e. The second kappa shape index (κ2) is 6.73. The minimum absolute atomic E-state index is 0.223. The van der Waals surface area contributed by atoms with Gasteiger partial charge in [0.25, 0.3) is 0 Å². The average molecular weight is 370 g/mol. The van der Waals surface area contributed by atoms with E-state index in [4.69, 9.17) is 16.3 Å². The van der Waals surface area contributed by atoms with Gasteiger partial charge in [-0.2, -0.15) is 4.31 Å². The van der Waals surface area contributed by atoms with Crippen molar-refractivity contribution in [2.75, 3.05) is 19.4 Å². The monoisotopic (exact) mass is 369 g/mol. The highest BCUT2D eigenvalue weighted by Gasteiger charge is 2.36. The van der Waals surface area contributed by atoms with Gasteiger partial charge in [0.05, 0.1) is 17.4 Å². The Bertz CT molecular complexity index is 776. The number of methoxy groups -OCH3 is 1. The highest BCUT2D eigenvalue weighted by atomic mass is 35.5. The molecule has 1 fully saturated rings. The molecular weight excluding hydrogens is 354 g/mol. The van der Waals surface area contributed by atoms with Crippen LogP contribution in [0.1, 0.15) is 10.9 Å². The molecule has 1 atom stereocenters. The molecule has 0 radical (unpaired) electrons. The predicted molar refractivity (Wildman–Crippen MR) is 93.5 cm³/mol. The van der Waals surface area contributed by atoms with Gasteiger partial charge < -0.3 is 4.74 Å². The number of hydrogen-bond donors (Lipinski definition) is 0. The van der Waals surface area contributed by atoms with E-state index in [0.29, 0.717) is 17.3 Å². The predicted octanol–water partition coefficient (Wildman–Crippen LogP) is 3.78. The first-order chi connectivity index (χ1) is 11.0. The van der Waals surface area contributed by atoms with E-state index in [1.807, 2.05) is 12.1 Å². The summed E-state index contributed by atoms with van der Waals surface area (Å²) in [5.74, 6) is 1.40. The van der Waals surface area contributed by atoms with Crippen LogP contribution in [0.25, 0.3) is 0 Å². The Labute approximate surface area is 145 Å². The molecule has 7 heteroatoms. The van der Waals surface area contributed by atoms with Gasteiger partial charge in [0.15, 0.2) is 0 Å². The van der Waals surface area contributed by atoms with Crippen LogP contribution in [0.3, 0.4) is 0 Å². The fourth-order valence-corrected chi connectivity index (χ4v) is 5.84. The number of sulfonamides is 1. The van der Waals surface area contributed by atoms with Gasteiger partial charge in [-0.25, -0.2) is 8.42 Å². The van der Waals surface area contributed by atoms with Gasteiger partial charge in [-0.1, -0.05) is 23.7 Å². The maximum Gasteiger partial charge on any atom is 0.244 e. The van der Waals surface area contributed by atoms with Crippen molar-refractivity contribution in [3.8, 4) is 5.75 Å². The highest BCUT2D eigenvalue weighted by Crippen LogP contribution is 2.41. The van der Waals surface area contributed by atoms with Gasteiger partial charge in [-0.3, -0.25) is 0 Å². The molecule has 0 saturated carbocycles. The highest BCUT2D eigenvalue weighted by molar-refractivity contribution is 8.01. The first-order valence-electron chi connectivity index (χ1n) is 7.05. The van der Waals surface area contributed by atoms with Gasteiger partial charge in [-0.15, -0.1) is 11.8 Å². The lowest BCUT2D eigenvalue weighted by atomic mass is 10.2. The number of rotatable bonds is 4. The fraction of sp³-hybridized carbons (Fsp3) is 0.250. The molecule has 23 heavy (non-hydrogen) atoms. The second-order valence-electron chi connectivity index (χ2n) is 5.07. The van der Waals surface area contributed by atoms with Gasteiger partial charge in [0.1, 0.15) is 5.75 Å². The number of hydrogen-bond acceptors (Lipinski definition) is 4. The third-order valence-electron chi connectivity index (χ3n) is 3.67. The second-order valence-corrected chi connectivity index (χ2v) is 8.58. The third-order valence-corrected chi connectivity index (χ3v) is 7.19. The molecule has 1 saturated heterocycles. The summed E-state index contributed by atoms with van der Waals surface area (Å²) in [4.78, 5) is 0.278. The Balaban J connectivity index is 1.92. The van der Waals surface area contributed by atoms with E-state index in [0.717, 1.165) is 11.3 Å². The summed E-state index contributed by atoms with van der Waals surface area (Å²) in [6, 6.07) is 13.8. The van der Waals surface area contributed by atoms with Gasteiger partial charge in [-0.05, 0) is 42.0 Å². The Morgan fingerprint density at radius 2 is 1.78 bits per heavy atom. The topological polar surface area (TPSA) is 46.6 Å². The lowest BCUT2D eigenvalue weighted by molar-refractivity contribution is 0.414. The van der Waals surface area contributed by atoms with Crippen molar-refractivity contribution in [2.45, 2.75) is 10.3 Å². The molecule has 0 spiro atoms. The van der Waals surface area contributed by atoms with Crippen molar-refractivity contribution in [1.29, 1.82) is 0 Å². The van der Waals surface area contributed by atoms with E-state index in [1.165, 1.54) is 0 Å². The maximum absolute atomic E-state index is 12.9. The summed E-state index contributed by atoms with van der Waals surface area (Å²) in [5, 5.41) is 0.417. The number of thioether (sulfide) groups is 1. The zero-order valence-corrected chi connectivity index (χ0v) is 14.9. The van der Waals surface area contributed by atoms with Crippen LogP contribution in [0.2, 0.25) is 5.02 Å². The molecule has 0 amide bonds. The third kappa shape index (κ3) is 3.35. The van der Waals surface area contributed by atoms with Crippen LogP contribution < -0.4 is 4.74 Å². The first kappa shape index (κ1) is 16.6. The van der Waals surface area contributed by atoms with Crippen LogP contribution in [0, 0.1) is 0 Å². The Morgan fingerprint density at radius 3 is 2.39 bits per heavy atom. The molecule has 0 aliphatic carbocycles. The average Bonchev–Trinajstić information content (AvgIpc) is 3.06. The van der Waals surface area contributed by atoms with Gasteiger partial charge >= 0.3 is 0 Å². The fourth-order valence-electron chi connectivity index (χ4n) is 2.47. The molecule has 122 valence electrons. The van der Waals surface area contributed by atoms with Crippen LogP contribution in [0.4, 0.5) is 0 Å². The van der Waals surface area contributed by atoms with Crippen molar-refractivity contribution < 1.29 is 13.2 Å². The van der Waals surface area contributed by atoms with Crippen LogP contribution in [-0.2, 0) is 10.0 Å². The molecule has 1 aliphatic rings. The zero-order chi connectivity index (χ0) is 16.4. The van der Waals surface area contributed by atoms with E-state index in [9.17, 15) is 8.42 Å². The largest absolute Gasteiger partial charge is 0.497 e. The van der Waals surface area contributed by atoms with Crippen LogP contribution >= 0.6 is 23.4 Å². The molecule has 4 nitrogen and oxygen atoms in total. The number of nitrogens with zero attached hydrogens (tertiary/aromatic N) is 1. The lowest BCUT2D eigenvalue weighted by Gasteiger charge is -2.23. The summed E-state index contributed by atoms with van der Waals surface area (Å²) in [6.45, 7) is 0.492. The van der Waals surface area contributed by atoms with E-state index in [2.05, 4.69) is 0 Å². The Hall–Kier alpha value is -1.21. The van der Waals surface area contributed by atoms with Crippen LogP contribution in [0.5, 0.6) is 5.75 Å². The number of halogens is 1. The number of benzene rings is 2. The molecule has 0 aromatic heterocycles. The standard InChI is InChI=1S/C16H16ClNO3S2/c1-21-14-6-8-15(9-7-14)23(19,20)18-10-11-22-16(18)12-2-4-13(17)5-3-12/h2-9,16H,10-11H2,1H3/t16-/m0/s1. The molecule has 1 heterocycles. The minimum atomic E-state index is -3.55. The normalized spacial score (nSPS) is 19.0. The molecule has 2 aromatic carbocycles. The lowest BCUT2D eigenvalue weighted by Crippen LogP contribution is -2.30. The number of ether oxygens (including phenoxy) is 1. The molecule has 2 aromatic rings. The van der Waals surface area contributed by atoms with Crippen molar-refractivity contribution in [1.82, 2.24) is 4.31 Å². The van der Waals surface area contributed by atoms with Crippen molar-refractivity contribution >= 4 is 33.4 Å². The Kier molecular flexibility index (Phi) is 4.87. The van der Waals surface area contributed by atoms with E-state index in [1.54, 1.807) is 59.6 Å². The van der Waals surface area contributed by atoms with Crippen molar-refractivity contribution in [2.24, 2.45) is 0 Å². The maximum atomic E-state index is 12.9. The van der Waals surface area contributed by atoms with E-state index >= 15 is 0 Å². The van der Waals surface area contributed by atoms with Gasteiger partial charge in [0, 0.05) is 17.3 Å². The van der Waals surface area contributed by atoms with Crippen molar-refractivity contribution in [3.63, 3.8) is 0 Å². The summed E-state index contributed by atoms with van der Waals surface area (Å²) in [7, 11) is -1.99. The summed E-state index contributed by atoms with van der Waals surface area (Å²) in [6.07, 6.45) is 0. The summed E-state index contributed by atoms with van der Waals surface area (Å²) >= 11 is 7.54. The smallest absolute Gasteiger partial charge is 0.244 e. The van der Waals surface area contributed by atoms with Crippen LogP contribution in [-0.4, -0.2) is 32.1 Å². The van der Waals surface area contributed by atoms with Crippen molar-refractivity contribution in [3.05, 3.63) is 59.1 Å². The molecule has 0 unspecified atom stereocenters. The summed E-state index contributed by atoms with van der Waals surface area (Å²) in [5.41, 5.74) is 0.939. The molecule has 3 rings (SSSR count). The quantitative estimate of drug-likeness (QED) is 0.822. The molecular formula is C16H16ClNO3S2. The zero-order valence-electron chi connectivity index (χ0n) is 12.5. The molecule has 0 bridgehead atoms. The van der Waals surface area contributed by atoms with E-state index in [-0.39, 0.29) is 10.3 Å². The van der Waals surface area contributed by atoms with Gasteiger partial charge in [0.2, 0.25) is 10.0 Å². The van der Waals surface area contributed by atoms with Crippen LogP contribution in [0.15, 0.2) is 53.4 Å². The first-order valence-corrected chi connectivity index (χ1v) is 9.92. The van der Waals surface area contributed by atoms with E-state index < -0.39 is 10.0 Å². The molecule has 0 N–H and O–H groups in total.